The molecule has 0 unspecified atom stereocenters. The van der Waals surface area contributed by atoms with E-state index in [9.17, 15) is 9.59 Å². The van der Waals surface area contributed by atoms with Crippen LogP contribution in [-0.2, 0) is 14.3 Å². The van der Waals surface area contributed by atoms with Crippen molar-refractivity contribution in [3.8, 4) is 0 Å². The third-order valence-electron chi connectivity index (χ3n) is 5.68. The topological polar surface area (TPSA) is 43.4 Å². The highest BCUT2D eigenvalue weighted by molar-refractivity contribution is 6.07. The second-order valence-electron chi connectivity index (χ2n) is 6.91. The Morgan fingerprint density at radius 3 is 2.64 bits per heavy atom. The number of fused-ring (bicyclic) bond motifs is 1. The summed E-state index contributed by atoms with van der Waals surface area (Å²) in [4.78, 5) is 23.6. The summed E-state index contributed by atoms with van der Waals surface area (Å²) in [5.41, 5.74) is 6.15. The molecule has 0 aromatic heterocycles. The maximum atomic E-state index is 12.7. The molecule has 1 spiro atoms. The molecule has 0 aliphatic heterocycles. The van der Waals surface area contributed by atoms with Crippen molar-refractivity contribution < 1.29 is 14.3 Å². The number of carbonyl (C=O) groups excluding carboxylic acids is 2. The van der Waals surface area contributed by atoms with Crippen molar-refractivity contribution >= 4 is 11.8 Å². The monoisotopic (exact) mass is 300 g/mol. The first-order valence-electron chi connectivity index (χ1n) is 8.19. The summed E-state index contributed by atoms with van der Waals surface area (Å²) < 4.78 is 5.03. The first-order valence-corrected chi connectivity index (χ1v) is 8.19. The van der Waals surface area contributed by atoms with Crippen molar-refractivity contribution in [1.29, 1.82) is 0 Å². The Hall–Kier alpha value is -1.64. The maximum Gasteiger partial charge on any atom is 0.302 e. The van der Waals surface area contributed by atoms with E-state index in [0.717, 1.165) is 31.3 Å². The normalized spacial score (nSPS) is 25.5. The zero-order valence-electron chi connectivity index (χ0n) is 13.9. The Kier molecular flexibility index (Phi) is 3.62. The molecule has 0 radical (unpaired) electrons. The van der Waals surface area contributed by atoms with Gasteiger partial charge in [0.15, 0.2) is 5.78 Å². The van der Waals surface area contributed by atoms with Crippen LogP contribution in [0, 0.1) is 11.3 Å². The van der Waals surface area contributed by atoms with Gasteiger partial charge in [-0.05, 0) is 62.3 Å². The van der Waals surface area contributed by atoms with Gasteiger partial charge in [0, 0.05) is 23.8 Å². The van der Waals surface area contributed by atoms with Gasteiger partial charge >= 0.3 is 5.97 Å². The average Bonchev–Trinajstić information content (AvgIpc) is 3.20. The molecule has 0 aromatic carbocycles. The van der Waals surface area contributed by atoms with Crippen LogP contribution in [0.15, 0.2) is 33.9 Å². The van der Waals surface area contributed by atoms with Gasteiger partial charge in [-0.1, -0.05) is 12.5 Å². The Morgan fingerprint density at radius 1 is 1.36 bits per heavy atom. The molecule has 1 saturated carbocycles. The van der Waals surface area contributed by atoms with Crippen molar-refractivity contribution in [1.82, 2.24) is 0 Å². The minimum Gasteiger partial charge on any atom is -0.466 e. The molecular weight excluding hydrogens is 276 g/mol. The maximum absolute atomic E-state index is 12.7. The number of ether oxygens (including phenoxy) is 1. The predicted molar refractivity (Wildman–Crippen MR) is 85.2 cm³/mol. The number of rotatable bonds is 4. The highest BCUT2D eigenvalue weighted by Gasteiger charge is 2.56. The summed E-state index contributed by atoms with van der Waals surface area (Å²) >= 11 is 0. The lowest BCUT2D eigenvalue weighted by Crippen LogP contribution is -2.31. The number of Topliss-reactive ketones (excluding diaryl/α,β-unsaturated/α-hetero) is 1. The molecule has 3 heteroatoms. The number of carbonyl (C=O) groups is 2. The Morgan fingerprint density at radius 2 is 2.05 bits per heavy atom. The standard InChI is InChI=1S/C19H24O3/c1-11-10-16-17(15(11)6-5-9-22-14(4)20)12(2)19(7-8-19)13(3)18(16)21/h10,13H,5-9H2,1-4H3/t13-/m1/s1. The van der Waals surface area contributed by atoms with E-state index in [-0.39, 0.29) is 17.3 Å². The molecule has 0 aromatic rings. The fourth-order valence-electron chi connectivity index (χ4n) is 4.15. The van der Waals surface area contributed by atoms with Crippen molar-refractivity contribution in [2.24, 2.45) is 11.3 Å². The molecule has 118 valence electrons. The molecular formula is C19H24O3. The van der Waals surface area contributed by atoms with E-state index in [0.29, 0.717) is 12.4 Å². The minimum atomic E-state index is -0.232. The Bertz CT molecular complexity index is 642. The van der Waals surface area contributed by atoms with E-state index in [1.165, 1.54) is 29.2 Å². The molecule has 0 heterocycles. The number of ketones is 1. The van der Waals surface area contributed by atoms with Crippen LogP contribution in [0.5, 0.6) is 0 Å². The SMILES string of the molecule is CC(=O)OCCCC1=C(C)C=C2C(=O)[C@@H](C)C3(CC3)C(C)=C21. The van der Waals surface area contributed by atoms with Gasteiger partial charge in [-0.3, -0.25) is 9.59 Å². The zero-order valence-corrected chi connectivity index (χ0v) is 13.9. The lowest BCUT2D eigenvalue weighted by molar-refractivity contribution is -0.141. The van der Waals surface area contributed by atoms with Crippen LogP contribution in [0.1, 0.15) is 53.4 Å². The smallest absolute Gasteiger partial charge is 0.302 e. The quantitative estimate of drug-likeness (QED) is 0.584. The van der Waals surface area contributed by atoms with E-state index in [4.69, 9.17) is 4.74 Å². The lowest BCUT2D eigenvalue weighted by Gasteiger charge is -2.32. The van der Waals surface area contributed by atoms with Gasteiger partial charge in [0.2, 0.25) is 0 Å². The van der Waals surface area contributed by atoms with Crippen molar-refractivity contribution in [3.63, 3.8) is 0 Å². The van der Waals surface area contributed by atoms with E-state index in [1.807, 2.05) is 0 Å². The summed E-state index contributed by atoms with van der Waals surface area (Å²) in [7, 11) is 0. The van der Waals surface area contributed by atoms with Gasteiger partial charge < -0.3 is 4.74 Å². The summed E-state index contributed by atoms with van der Waals surface area (Å²) in [6.45, 7) is 8.27. The number of allylic oxidation sites excluding steroid dienone is 6. The Balaban J connectivity index is 1.85. The number of esters is 1. The molecule has 1 atom stereocenters. The summed E-state index contributed by atoms with van der Waals surface area (Å²) in [5.74, 6) is 0.202. The molecule has 3 rings (SSSR count). The molecule has 22 heavy (non-hydrogen) atoms. The predicted octanol–water partition coefficient (Wildman–Crippen LogP) is 3.90. The van der Waals surface area contributed by atoms with E-state index < -0.39 is 0 Å². The van der Waals surface area contributed by atoms with Crippen molar-refractivity contribution in [3.05, 3.63) is 33.9 Å². The zero-order chi connectivity index (χ0) is 16.1. The van der Waals surface area contributed by atoms with Crippen LogP contribution in [0.2, 0.25) is 0 Å². The van der Waals surface area contributed by atoms with Gasteiger partial charge in [-0.25, -0.2) is 0 Å². The second kappa shape index (κ2) is 5.22. The first-order chi connectivity index (χ1) is 10.4. The van der Waals surface area contributed by atoms with Crippen LogP contribution >= 0.6 is 0 Å². The molecule has 0 N–H and O–H groups in total. The van der Waals surface area contributed by atoms with Gasteiger partial charge in [0.25, 0.3) is 0 Å². The van der Waals surface area contributed by atoms with Gasteiger partial charge in [-0.15, -0.1) is 0 Å². The molecule has 3 aliphatic rings. The van der Waals surface area contributed by atoms with Crippen LogP contribution in [0.25, 0.3) is 0 Å². The molecule has 0 saturated heterocycles. The van der Waals surface area contributed by atoms with E-state index in [2.05, 4.69) is 26.8 Å². The summed E-state index contributed by atoms with van der Waals surface area (Å²) in [5, 5.41) is 0. The van der Waals surface area contributed by atoms with Gasteiger partial charge in [0.05, 0.1) is 6.61 Å². The van der Waals surface area contributed by atoms with Gasteiger partial charge in [-0.2, -0.15) is 0 Å². The first kappa shape index (κ1) is 15.3. The molecule has 3 nitrogen and oxygen atoms in total. The third-order valence-corrected chi connectivity index (χ3v) is 5.68. The van der Waals surface area contributed by atoms with E-state index in [1.54, 1.807) is 0 Å². The Labute approximate surface area is 132 Å². The summed E-state index contributed by atoms with van der Waals surface area (Å²) in [6, 6.07) is 0. The molecule has 0 amide bonds. The lowest BCUT2D eigenvalue weighted by atomic mass is 9.70. The minimum absolute atomic E-state index is 0.121. The number of hydrogen-bond donors (Lipinski definition) is 0. The largest absolute Gasteiger partial charge is 0.466 e. The average molecular weight is 300 g/mol. The number of hydrogen-bond acceptors (Lipinski definition) is 3. The molecule has 3 aliphatic carbocycles. The van der Waals surface area contributed by atoms with Gasteiger partial charge in [0.1, 0.15) is 0 Å². The third kappa shape index (κ3) is 2.18. The highest BCUT2D eigenvalue weighted by atomic mass is 16.5. The van der Waals surface area contributed by atoms with Crippen LogP contribution in [-0.4, -0.2) is 18.4 Å². The van der Waals surface area contributed by atoms with Crippen LogP contribution in [0.4, 0.5) is 0 Å². The fourth-order valence-corrected chi connectivity index (χ4v) is 4.15. The highest BCUT2D eigenvalue weighted by Crippen LogP contribution is 2.63. The second-order valence-corrected chi connectivity index (χ2v) is 6.91. The van der Waals surface area contributed by atoms with Crippen LogP contribution in [0.3, 0.4) is 0 Å². The van der Waals surface area contributed by atoms with E-state index >= 15 is 0 Å². The van der Waals surface area contributed by atoms with Crippen molar-refractivity contribution in [2.45, 2.75) is 53.4 Å². The summed E-state index contributed by atoms with van der Waals surface area (Å²) in [6.07, 6.45) is 6.02. The van der Waals surface area contributed by atoms with Crippen LogP contribution < -0.4 is 0 Å². The fraction of sp³-hybridized carbons (Fsp3) is 0.579. The van der Waals surface area contributed by atoms with Crippen molar-refractivity contribution in [2.75, 3.05) is 6.61 Å². The molecule has 1 fully saturated rings. The molecule has 0 bridgehead atoms.